The van der Waals surface area contributed by atoms with E-state index in [1.165, 1.54) is 0 Å². The predicted octanol–water partition coefficient (Wildman–Crippen LogP) is 0.878. The molecule has 0 spiro atoms. The van der Waals surface area contributed by atoms with Crippen LogP contribution in [0.25, 0.3) is 10.8 Å². The topological polar surface area (TPSA) is 113 Å². The number of benzene rings is 3. The molecule has 0 aliphatic carbocycles. The van der Waals surface area contributed by atoms with Crippen molar-refractivity contribution >= 4 is 22.5 Å². The van der Waals surface area contributed by atoms with E-state index in [0.29, 0.717) is 16.5 Å². The molecule has 1 aliphatic rings. The fourth-order valence-corrected chi connectivity index (χ4v) is 2.91. The molecule has 0 saturated heterocycles. The summed E-state index contributed by atoms with van der Waals surface area (Å²) >= 11 is 0. The van der Waals surface area contributed by atoms with Gasteiger partial charge in [0.1, 0.15) is 5.75 Å². The molecule has 1 aliphatic heterocycles. The molecule has 4 N–H and O–H groups in total. The molecule has 4 rings (SSSR count). The Labute approximate surface area is 154 Å². The fraction of sp³-hybridized carbons (Fsp3) is 0.100. The molecule has 1 heterocycles. The summed E-state index contributed by atoms with van der Waals surface area (Å²) in [6.45, 7) is -0.241. The summed E-state index contributed by atoms with van der Waals surface area (Å²) in [6, 6.07) is 20.6. The summed E-state index contributed by atoms with van der Waals surface area (Å²) in [5, 5.41) is 13.7. The van der Waals surface area contributed by atoms with E-state index in [9.17, 15) is 4.79 Å². The van der Waals surface area contributed by atoms with Crippen LogP contribution in [0.15, 0.2) is 76.7 Å². The summed E-state index contributed by atoms with van der Waals surface area (Å²) in [5.41, 5.74) is 5.67. The Morgan fingerprint density at radius 1 is 1.00 bits per heavy atom. The minimum atomic E-state index is -1.62. The highest BCUT2D eigenvalue weighted by Gasteiger charge is 2.37. The maximum Gasteiger partial charge on any atom is 0.288 e. The van der Waals surface area contributed by atoms with E-state index < -0.39 is 11.7 Å². The first-order valence-corrected chi connectivity index (χ1v) is 8.38. The van der Waals surface area contributed by atoms with E-state index in [4.69, 9.17) is 15.9 Å². The number of carbonyl (C=O) groups excluding carboxylic acids is 1. The zero-order valence-electron chi connectivity index (χ0n) is 14.3. The lowest BCUT2D eigenvalue weighted by Gasteiger charge is -2.22. The van der Waals surface area contributed by atoms with Crippen LogP contribution in [0, 0.1) is 5.41 Å². The van der Waals surface area contributed by atoms with Gasteiger partial charge in [0.25, 0.3) is 11.7 Å². The number of nitrogens with two attached hydrogens (primary N) is 1. The van der Waals surface area contributed by atoms with Crippen LogP contribution in [-0.4, -0.2) is 24.1 Å². The van der Waals surface area contributed by atoms with Crippen LogP contribution >= 0.6 is 0 Å². The zero-order chi connectivity index (χ0) is 18.9. The number of carbonyl (C=O) groups is 1. The summed E-state index contributed by atoms with van der Waals surface area (Å²) in [4.78, 5) is 21.0. The van der Waals surface area contributed by atoms with Crippen LogP contribution in [0.1, 0.15) is 0 Å². The minimum absolute atomic E-state index is 0.241. The van der Waals surface area contributed by atoms with Crippen molar-refractivity contribution in [2.75, 3.05) is 6.61 Å². The number of rotatable bonds is 5. The van der Waals surface area contributed by atoms with Gasteiger partial charge in [0, 0.05) is 0 Å². The molecule has 1 amide bonds. The maximum absolute atomic E-state index is 12.4. The van der Waals surface area contributed by atoms with Crippen LogP contribution < -0.4 is 26.5 Å². The number of amides is 1. The van der Waals surface area contributed by atoms with Gasteiger partial charge in [-0.3, -0.25) is 10.2 Å². The van der Waals surface area contributed by atoms with E-state index in [2.05, 4.69) is 15.3 Å². The Morgan fingerprint density at radius 3 is 2.30 bits per heavy atom. The number of hydrogen-bond acceptors (Lipinski definition) is 5. The highest BCUT2D eigenvalue weighted by atomic mass is 16.5. The second kappa shape index (κ2) is 6.53. The Kier molecular flexibility index (Phi) is 4.04. The SMILES string of the molecule is N=C(N)C1(NC(=O)COc2ccc3ccccc3c2)N=c2ccccc2=N1. The van der Waals surface area contributed by atoms with Gasteiger partial charge in [-0.2, -0.15) is 0 Å². The molecule has 0 aromatic heterocycles. The summed E-state index contributed by atoms with van der Waals surface area (Å²) < 4.78 is 5.58. The quantitative estimate of drug-likeness (QED) is 0.464. The number of ether oxygens (including phenoxy) is 1. The average Bonchev–Trinajstić information content (AvgIpc) is 3.05. The van der Waals surface area contributed by atoms with Crippen LogP contribution in [-0.2, 0) is 4.79 Å². The average molecular weight is 359 g/mol. The highest BCUT2D eigenvalue weighted by Crippen LogP contribution is 2.20. The van der Waals surface area contributed by atoms with Gasteiger partial charge in [0.15, 0.2) is 12.4 Å². The van der Waals surface area contributed by atoms with Crippen molar-refractivity contribution in [2.45, 2.75) is 5.79 Å². The van der Waals surface area contributed by atoms with Crippen molar-refractivity contribution in [2.24, 2.45) is 15.7 Å². The standard InChI is InChI=1S/C20H17N5O2/c21-19(22)20(23-16-7-3-4-8-17(16)24-20)25-18(26)12-27-15-10-9-13-5-1-2-6-14(13)11-15/h1-11H,12H2,(H3,21,22)(H,25,26). The Morgan fingerprint density at radius 2 is 1.63 bits per heavy atom. The zero-order valence-corrected chi connectivity index (χ0v) is 14.3. The van der Waals surface area contributed by atoms with Crippen LogP contribution in [0.3, 0.4) is 0 Å². The number of fused-ring (bicyclic) bond motifs is 2. The van der Waals surface area contributed by atoms with Crippen molar-refractivity contribution in [3.05, 3.63) is 77.4 Å². The Balaban J connectivity index is 1.49. The molecule has 3 aromatic carbocycles. The predicted molar refractivity (Wildman–Crippen MR) is 101 cm³/mol. The lowest BCUT2D eigenvalue weighted by molar-refractivity contribution is -0.124. The second-order valence-corrected chi connectivity index (χ2v) is 6.14. The third kappa shape index (κ3) is 3.22. The molecular formula is C20H17N5O2. The minimum Gasteiger partial charge on any atom is -0.484 e. The molecule has 0 unspecified atom stereocenters. The van der Waals surface area contributed by atoms with E-state index in [-0.39, 0.29) is 12.4 Å². The van der Waals surface area contributed by atoms with Gasteiger partial charge in [0.2, 0.25) is 0 Å². The van der Waals surface area contributed by atoms with Crippen molar-refractivity contribution in [3.8, 4) is 5.75 Å². The number of nitrogens with zero attached hydrogens (tertiary/aromatic N) is 2. The summed E-state index contributed by atoms with van der Waals surface area (Å²) in [6.07, 6.45) is 0. The van der Waals surface area contributed by atoms with Gasteiger partial charge in [-0.15, -0.1) is 0 Å². The largest absolute Gasteiger partial charge is 0.484 e. The van der Waals surface area contributed by atoms with Gasteiger partial charge in [0.05, 0.1) is 10.7 Å². The lowest BCUT2D eigenvalue weighted by Crippen LogP contribution is -2.55. The lowest BCUT2D eigenvalue weighted by atomic mass is 10.1. The Bertz CT molecular complexity index is 1140. The fourth-order valence-electron chi connectivity index (χ4n) is 2.91. The van der Waals surface area contributed by atoms with Crippen LogP contribution in [0.5, 0.6) is 5.75 Å². The molecule has 0 radical (unpaired) electrons. The van der Waals surface area contributed by atoms with Gasteiger partial charge in [-0.1, -0.05) is 42.5 Å². The van der Waals surface area contributed by atoms with E-state index in [1.54, 1.807) is 30.3 Å². The first-order chi connectivity index (χ1) is 13.1. The number of amidine groups is 1. The molecule has 7 heteroatoms. The van der Waals surface area contributed by atoms with Crippen molar-refractivity contribution in [1.29, 1.82) is 5.41 Å². The van der Waals surface area contributed by atoms with E-state index in [1.807, 2.05) is 36.4 Å². The smallest absolute Gasteiger partial charge is 0.288 e. The third-order valence-electron chi connectivity index (χ3n) is 4.23. The molecule has 0 bridgehead atoms. The molecule has 0 fully saturated rings. The third-order valence-corrected chi connectivity index (χ3v) is 4.23. The van der Waals surface area contributed by atoms with Crippen molar-refractivity contribution in [3.63, 3.8) is 0 Å². The van der Waals surface area contributed by atoms with Crippen molar-refractivity contribution in [1.82, 2.24) is 5.32 Å². The van der Waals surface area contributed by atoms with Crippen molar-refractivity contribution < 1.29 is 9.53 Å². The normalized spacial score (nSPS) is 13.9. The van der Waals surface area contributed by atoms with Gasteiger partial charge in [-0.25, -0.2) is 9.98 Å². The summed E-state index contributed by atoms with van der Waals surface area (Å²) in [5.74, 6) is -1.88. The van der Waals surface area contributed by atoms with Gasteiger partial charge < -0.3 is 15.8 Å². The maximum atomic E-state index is 12.4. The molecule has 27 heavy (non-hydrogen) atoms. The molecule has 0 atom stereocenters. The van der Waals surface area contributed by atoms with Gasteiger partial charge in [-0.05, 0) is 35.0 Å². The van der Waals surface area contributed by atoms with Crippen LogP contribution in [0.4, 0.5) is 0 Å². The first kappa shape index (κ1) is 16.7. The molecule has 134 valence electrons. The number of para-hydroxylation sites is 2. The molecule has 7 nitrogen and oxygen atoms in total. The highest BCUT2D eigenvalue weighted by molar-refractivity contribution is 5.92. The first-order valence-electron chi connectivity index (χ1n) is 8.38. The van der Waals surface area contributed by atoms with E-state index in [0.717, 1.165) is 10.8 Å². The summed E-state index contributed by atoms with van der Waals surface area (Å²) in [7, 11) is 0. The number of nitrogens with one attached hydrogen (secondary N) is 2. The Hall–Kier alpha value is -3.74. The van der Waals surface area contributed by atoms with E-state index >= 15 is 0 Å². The van der Waals surface area contributed by atoms with Crippen LogP contribution in [0.2, 0.25) is 0 Å². The molecular weight excluding hydrogens is 342 g/mol. The number of hydrogen-bond donors (Lipinski definition) is 3. The van der Waals surface area contributed by atoms with Gasteiger partial charge >= 0.3 is 0 Å². The second-order valence-electron chi connectivity index (χ2n) is 6.14. The monoisotopic (exact) mass is 359 g/mol. The molecule has 3 aromatic rings. The molecule has 0 saturated carbocycles.